The van der Waals surface area contributed by atoms with E-state index >= 15 is 0 Å². The fraction of sp³-hybridized carbons (Fsp3) is 0.250. The molecule has 0 aliphatic rings. The first kappa shape index (κ1) is 23.7. The summed E-state index contributed by atoms with van der Waals surface area (Å²) >= 11 is 16.8. The number of carbonyl (C=O) groups is 2. The highest BCUT2D eigenvalue weighted by Crippen LogP contribution is 2.27. The van der Waals surface area contributed by atoms with Crippen molar-refractivity contribution in [2.24, 2.45) is 0 Å². The number of benzene rings is 2. The Morgan fingerprint density at radius 1 is 1.03 bits per heavy atom. The van der Waals surface area contributed by atoms with Gasteiger partial charge in [-0.1, -0.05) is 35.3 Å². The summed E-state index contributed by atoms with van der Waals surface area (Å²) < 4.78 is 10.6. The Morgan fingerprint density at radius 3 is 2.43 bits per heavy atom. The Morgan fingerprint density at radius 2 is 1.77 bits per heavy atom. The van der Waals surface area contributed by atoms with Crippen molar-refractivity contribution >= 4 is 52.3 Å². The van der Waals surface area contributed by atoms with Gasteiger partial charge in [-0.15, -0.1) is 0 Å². The Bertz CT molecular complexity index is 894. The van der Waals surface area contributed by atoms with E-state index in [4.69, 9.17) is 44.9 Å². The van der Waals surface area contributed by atoms with Crippen molar-refractivity contribution in [3.05, 3.63) is 58.1 Å². The number of methoxy groups -OCH3 is 1. The van der Waals surface area contributed by atoms with Crippen LogP contribution >= 0.6 is 35.4 Å². The molecule has 0 atom stereocenters. The topological polar surface area (TPSA) is 88.7 Å². The Labute approximate surface area is 190 Å². The van der Waals surface area contributed by atoms with Crippen LogP contribution in [0.4, 0.5) is 0 Å². The molecule has 0 aromatic heterocycles. The summed E-state index contributed by atoms with van der Waals surface area (Å²) in [5.74, 6) is 0.605. The summed E-state index contributed by atoms with van der Waals surface area (Å²) in [5, 5.41) is 3.43. The van der Waals surface area contributed by atoms with Crippen LogP contribution in [0, 0.1) is 0 Å². The number of carbonyl (C=O) groups excluding carboxylic acids is 2. The lowest BCUT2D eigenvalue weighted by Gasteiger charge is -2.11. The number of rotatable bonds is 8. The monoisotopic (exact) mass is 469 g/mol. The molecule has 3 N–H and O–H groups in total. The van der Waals surface area contributed by atoms with Gasteiger partial charge in [-0.2, -0.15) is 0 Å². The number of hydrogen-bond donors (Lipinski definition) is 3. The lowest BCUT2D eigenvalue weighted by molar-refractivity contribution is -0.122. The maximum absolute atomic E-state index is 12.0. The molecule has 2 aromatic rings. The van der Waals surface area contributed by atoms with Gasteiger partial charge in [0.15, 0.2) is 5.11 Å². The van der Waals surface area contributed by atoms with Gasteiger partial charge in [-0.25, -0.2) is 0 Å². The second-order valence-corrected chi connectivity index (χ2v) is 7.35. The molecule has 0 aliphatic carbocycles. The van der Waals surface area contributed by atoms with Crippen LogP contribution in [0.3, 0.4) is 0 Å². The second kappa shape index (κ2) is 12.2. The molecule has 0 fully saturated rings. The number of amides is 2. The van der Waals surface area contributed by atoms with Crippen LogP contribution in [-0.2, 0) is 16.0 Å². The van der Waals surface area contributed by atoms with Crippen LogP contribution < -0.4 is 25.6 Å². The average Bonchev–Trinajstić information content (AvgIpc) is 2.71. The zero-order chi connectivity index (χ0) is 21.9. The molecule has 0 saturated heterocycles. The summed E-state index contributed by atoms with van der Waals surface area (Å²) in [7, 11) is 1.57. The molecule has 0 aliphatic heterocycles. The standard InChI is InChI=1S/C20H21Cl2N3O4S/c1-28-15-7-4-13(5-8-15)11-19(27)23-20(30)25-24-18(26)3-2-10-29-17-9-6-14(21)12-16(17)22/h4-9,12H,2-3,10-11H2,1H3,(H,24,26)(H2,23,25,27,30). The molecule has 160 valence electrons. The van der Waals surface area contributed by atoms with Crippen LogP contribution in [0.1, 0.15) is 18.4 Å². The summed E-state index contributed by atoms with van der Waals surface area (Å²) in [4.78, 5) is 23.8. The van der Waals surface area contributed by atoms with Crippen molar-refractivity contribution < 1.29 is 19.1 Å². The number of thiocarbonyl (C=S) groups is 1. The van der Waals surface area contributed by atoms with Crippen LogP contribution in [0.2, 0.25) is 10.0 Å². The van der Waals surface area contributed by atoms with Crippen molar-refractivity contribution in [1.29, 1.82) is 0 Å². The van der Waals surface area contributed by atoms with Gasteiger partial charge in [0.05, 0.1) is 25.2 Å². The Hall–Kier alpha value is -2.55. The molecule has 0 bridgehead atoms. The molecular formula is C20H21Cl2N3O4S. The number of ether oxygens (including phenoxy) is 2. The van der Waals surface area contributed by atoms with Crippen molar-refractivity contribution in [2.45, 2.75) is 19.3 Å². The van der Waals surface area contributed by atoms with Gasteiger partial charge >= 0.3 is 0 Å². The van der Waals surface area contributed by atoms with Gasteiger partial charge in [0.2, 0.25) is 11.8 Å². The Kier molecular flexibility index (Phi) is 9.66. The number of hydrogen-bond acceptors (Lipinski definition) is 5. The van der Waals surface area contributed by atoms with E-state index in [9.17, 15) is 9.59 Å². The zero-order valence-corrected chi connectivity index (χ0v) is 18.5. The van der Waals surface area contributed by atoms with Gasteiger partial charge in [-0.05, 0) is 54.5 Å². The molecule has 2 rings (SSSR count). The van der Waals surface area contributed by atoms with Crippen molar-refractivity contribution in [3.8, 4) is 11.5 Å². The molecule has 30 heavy (non-hydrogen) atoms. The summed E-state index contributed by atoms with van der Waals surface area (Å²) in [6.07, 6.45) is 0.800. The smallest absolute Gasteiger partial charge is 0.238 e. The minimum absolute atomic E-state index is 0.00561. The van der Waals surface area contributed by atoms with E-state index in [2.05, 4.69) is 16.2 Å². The average molecular weight is 470 g/mol. The normalized spacial score (nSPS) is 10.1. The van der Waals surface area contributed by atoms with Gasteiger partial charge in [-0.3, -0.25) is 20.4 Å². The molecule has 2 amide bonds. The SMILES string of the molecule is COc1ccc(CC(=O)NC(=S)NNC(=O)CCCOc2ccc(Cl)cc2Cl)cc1. The first-order chi connectivity index (χ1) is 14.4. The number of halogens is 2. The van der Waals surface area contributed by atoms with Gasteiger partial charge < -0.3 is 14.8 Å². The number of hydrazine groups is 1. The van der Waals surface area contributed by atoms with E-state index in [-0.39, 0.29) is 29.8 Å². The molecule has 7 nitrogen and oxygen atoms in total. The van der Waals surface area contributed by atoms with Crippen molar-refractivity contribution in [3.63, 3.8) is 0 Å². The molecule has 2 aromatic carbocycles. The van der Waals surface area contributed by atoms with Crippen molar-refractivity contribution in [1.82, 2.24) is 16.2 Å². The summed E-state index contributed by atoms with van der Waals surface area (Å²) in [6.45, 7) is 0.303. The Balaban J connectivity index is 1.61. The highest BCUT2D eigenvalue weighted by atomic mass is 35.5. The quantitative estimate of drug-likeness (QED) is 0.311. The molecule has 0 saturated carbocycles. The van der Waals surface area contributed by atoms with E-state index in [1.165, 1.54) is 0 Å². The first-order valence-corrected chi connectivity index (χ1v) is 10.1. The van der Waals surface area contributed by atoms with E-state index in [0.29, 0.717) is 34.6 Å². The fourth-order valence-corrected chi connectivity index (χ4v) is 2.95. The lowest BCUT2D eigenvalue weighted by Crippen LogP contribution is -2.48. The van der Waals surface area contributed by atoms with E-state index < -0.39 is 0 Å². The van der Waals surface area contributed by atoms with Crippen LogP contribution in [0.5, 0.6) is 11.5 Å². The lowest BCUT2D eigenvalue weighted by atomic mass is 10.1. The first-order valence-electron chi connectivity index (χ1n) is 8.97. The highest BCUT2D eigenvalue weighted by Gasteiger charge is 2.08. The van der Waals surface area contributed by atoms with Crippen LogP contribution in [0.25, 0.3) is 0 Å². The molecule has 0 heterocycles. The zero-order valence-electron chi connectivity index (χ0n) is 16.2. The largest absolute Gasteiger partial charge is 0.497 e. The molecule has 0 spiro atoms. The molecular weight excluding hydrogens is 449 g/mol. The minimum atomic E-state index is -0.305. The van der Waals surface area contributed by atoms with Gasteiger partial charge in [0, 0.05) is 11.4 Å². The number of nitrogens with one attached hydrogen (secondary N) is 3. The third-order valence-corrected chi connectivity index (χ3v) is 4.53. The highest BCUT2D eigenvalue weighted by molar-refractivity contribution is 7.80. The van der Waals surface area contributed by atoms with E-state index in [1.807, 2.05) is 0 Å². The predicted molar refractivity (Wildman–Crippen MR) is 120 cm³/mol. The fourth-order valence-electron chi connectivity index (χ4n) is 2.33. The van der Waals surface area contributed by atoms with Gasteiger partial charge in [0.25, 0.3) is 0 Å². The minimum Gasteiger partial charge on any atom is -0.497 e. The third-order valence-electron chi connectivity index (χ3n) is 3.79. The molecule has 0 radical (unpaired) electrons. The summed E-state index contributed by atoms with van der Waals surface area (Å²) in [5.41, 5.74) is 5.72. The predicted octanol–water partition coefficient (Wildman–Crippen LogP) is 3.43. The van der Waals surface area contributed by atoms with Crippen LogP contribution in [0.15, 0.2) is 42.5 Å². The molecule has 0 unspecified atom stereocenters. The second-order valence-electron chi connectivity index (χ2n) is 6.10. The van der Waals surface area contributed by atoms with E-state index in [1.54, 1.807) is 49.6 Å². The van der Waals surface area contributed by atoms with Gasteiger partial charge in [0.1, 0.15) is 11.5 Å². The molecule has 10 heteroatoms. The van der Waals surface area contributed by atoms with Crippen LogP contribution in [-0.4, -0.2) is 30.6 Å². The van der Waals surface area contributed by atoms with E-state index in [0.717, 1.165) is 5.56 Å². The maximum atomic E-state index is 12.0. The summed E-state index contributed by atoms with van der Waals surface area (Å²) in [6, 6.07) is 12.0. The maximum Gasteiger partial charge on any atom is 0.238 e. The third kappa shape index (κ3) is 8.44. The van der Waals surface area contributed by atoms with Crippen molar-refractivity contribution in [2.75, 3.05) is 13.7 Å².